The summed E-state index contributed by atoms with van der Waals surface area (Å²) in [4.78, 5) is 13.0. The minimum absolute atomic E-state index is 0.485. The van der Waals surface area contributed by atoms with Crippen molar-refractivity contribution < 1.29 is 4.74 Å². The van der Waals surface area contributed by atoms with Gasteiger partial charge in [-0.2, -0.15) is 0 Å². The van der Waals surface area contributed by atoms with Crippen molar-refractivity contribution in [1.29, 1.82) is 0 Å². The number of methoxy groups -OCH3 is 1. The van der Waals surface area contributed by atoms with Crippen molar-refractivity contribution in [1.82, 2.24) is 15.0 Å². The Morgan fingerprint density at radius 1 is 1.35 bits per heavy atom. The number of hydrogen-bond donors (Lipinski definition) is 2. The van der Waals surface area contributed by atoms with Crippen molar-refractivity contribution >= 4 is 22.8 Å². The first-order valence-electron chi connectivity index (χ1n) is 6.14. The molecule has 0 unspecified atom stereocenters. The molecule has 0 saturated heterocycles. The fourth-order valence-electron chi connectivity index (χ4n) is 1.91. The van der Waals surface area contributed by atoms with Gasteiger partial charge in [0.1, 0.15) is 5.75 Å². The van der Waals surface area contributed by atoms with E-state index in [0.717, 1.165) is 32.4 Å². The fourth-order valence-corrected chi connectivity index (χ4v) is 2.82. The molecule has 3 N–H and O–H groups in total. The Morgan fingerprint density at radius 2 is 2.25 bits per heavy atom. The molecule has 1 aromatic carbocycles. The molecule has 3 aromatic rings. The first kappa shape index (κ1) is 13.0. The van der Waals surface area contributed by atoms with Crippen LogP contribution in [0.15, 0.2) is 46.7 Å². The molecule has 20 heavy (non-hydrogen) atoms. The van der Waals surface area contributed by atoms with Gasteiger partial charge in [-0.3, -0.25) is 4.98 Å². The molecule has 5 nitrogen and oxygen atoms in total. The summed E-state index contributed by atoms with van der Waals surface area (Å²) < 4.78 is 5.21. The maximum atomic E-state index is 5.73. The molecule has 6 heteroatoms. The lowest BCUT2D eigenvalue weighted by molar-refractivity contribution is 0.415. The lowest BCUT2D eigenvalue weighted by Crippen LogP contribution is -1.98. The van der Waals surface area contributed by atoms with Crippen LogP contribution in [0.1, 0.15) is 5.56 Å². The van der Waals surface area contributed by atoms with Crippen LogP contribution in [0.4, 0.5) is 0 Å². The van der Waals surface area contributed by atoms with Crippen LogP contribution in [-0.2, 0) is 6.54 Å². The molecule has 0 aliphatic carbocycles. The Morgan fingerprint density at radius 3 is 3.05 bits per heavy atom. The Bertz CT molecular complexity index is 741. The van der Waals surface area contributed by atoms with Gasteiger partial charge in [0, 0.05) is 29.9 Å². The Hall–Kier alpha value is -2.05. The maximum Gasteiger partial charge on any atom is 0.171 e. The summed E-state index contributed by atoms with van der Waals surface area (Å²) in [6.07, 6.45) is 3.55. The number of aromatic nitrogens is 3. The van der Waals surface area contributed by atoms with Gasteiger partial charge in [-0.1, -0.05) is 0 Å². The van der Waals surface area contributed by atoms with Gasteiger partial charge >= 0.3 is 0 Å². The molecule has 0 atom stereocenters. The number of pyridine rings is 1. The molecule has 0 fully saturated rings. The number of benzene rings is 1. The standard InChI is InChI=1S/C14H14N4OS/c1-19-10-2-3-11-12(6-10)18-14(17-11)20-13-8-16-5-4-9(13)7-15/h2-6,8H,7,15H2,1H3,(H,17,18). The summed E-state index contributed by atoms with van der Waals surface area (Å²) >= 11 is 1.53. The largest absolute Gasteiger partial charge is 0.497 e. The van der Waals surface area contributed by atoms with E-state index in [9.17, 15) is 0 Å². The third-order valence-corrected chi connectivity index (χ3v) is 3.94. The number of fused-ring (bicyclic) bond motifs is 1. The summed E-state index contributed by atoms with van der Waals surface area (Å²) in [5.74, 6) is 0.807. The quantitative estimate of drug-likeness (QED) is 0.771. The van der Waals surface area contributed by atoms with Gasteiger partial charge in [0.05, 0.1) is 18.1 Å². The van der Waals surface area contributed by atoms with E-state index in [-0.39, 0.29) is 0 Å². The predicted molar refractivity (Wildman–Crippen MR) is 78.9 cm³/mol. The van der Waals surface area contributed by atoms with E-state index in [4.69, 9.17) is 10.5 Å². The van der Waals surface area contributed by atoms with Crippen LogP contribution in [-0.4, -0.2) is 22.1 Å². The van der Waals surface area contributed by atoms with E-state index >= 15 is 0 Å². The highest BCUT2D eigenvalue weighted by atomic mass is 32.2. The number of nitrogens with two attached hydrogens (primary N) is 1. The Labute approximate surface area is 120 Å². The number of nitrogens with one attached hydrogen (secondary N) is 1. The molecule has 0 aliphatic rings. The van der Waals surface area contributed by atoms with E-state index in [1.807, 2.05) is 24.3 Å². The van der Waals surface area contributed by atoms with Crippen molar-refractivity contribution in [2.24, 2.45) is 5.73 Å². The third-order valence-electron chi connectivity index (χ3n) is 2.96. The van der Waals surface area contributed by atoms with Crippen molar-refractivity contribution in [2.75, 3.05) is 7.11 Å². The topological polar surface area (TPSA) is 76.8 Å². The second-order valence-electron chi connectivity index (χ2n) is 4.21. The minimum atomic E-state index is 0.485. The van der Waals surface area contributed by atoms with Crippen LogP contribution >= 0.6 is 11.8 Å². The van der Waals surface area contributed by atoms with Crippen LogP contribution < -0.4 is 10.5 Å². The molecular formula is C14H14N4OS. The van der Waals surface area contributed by atoms with Crippen molar-refractivity contribution in [3.63, 3.8) is 0 Å². The number of nitrogens with zero attached hydrogens (tertiary/aromatic N) is 2. The van der Waals surface area contributed by atoms with Gasteiger partial charge in [-0.25, -0.2) is 4.98 Å². The monoisotopic (exact) mass is 286 g/mol. The van der Waals surface area contributed by atoms with E-state index in [0.29, 0.717) is 6.54 Å². The van der Waals surface area contributed by atoms with Gasteiger partial charge in [-0.15, -0.1) is 0 Å². The molecule has 0 bridgehead atoms. The van der Waals surface area contributed by atoms with E-state index in [1.54, 1.807) is 19.5 Å². The SMILES string of the molecule is COc1ccc2nc(Sc3cnccc3CN)[nH]c2c1. The minimum Gasteiger partial charge on any atom is -0.497 e. The highest BCUT2D eigenvalue weighted by Gasteiger charge is 2.08. The highest BCUT2D eigenvalue weighted by molar-refractivity contribution is 7.99. The Balaban J connectivity index is 1.94. The average molecular weight is 286 g/mol. The van der Waals surface area contributed by atoms with Crippen LogP contribution in [0.3, 0.4) is 0 Å². The van der Waals surface area contributed by atoms with Crippen molar-refractivity contribution in [3.8, 4) is 5.75 Å². The molecule has 102 valence electrons. The van der Waals surface area contributed by atoms with Crippen molar-refractivity contribution in [2.45, 2.75) is 16.6 Å². The summed E-state index contributed by atoms with van der Waals surface area (Å²) in [5, 5.41) is 0.816. The second kappa shape index (κ2) is 5.52. The summed E-state index contributed by atoms with van der Waals surface area (Å²) in [6.45, 7) is 0.485. The highest BCUT2D eigenvalue weighted by Crippen LogP contribution is 2.30. The zero-order chi connectivity index (χ0) is 13.9. The summed E-state index contributed by atoms with van der Waals surface area (Å²) in [6, 6.07) is 7.68. The molecule has 0 saturated carbocycles. The number of ether oxygens (including phenoxy) is 1. The lowest BCUT2D eigenvalue weighted by Gasteiger charge is -2.03. The molecule has 0 spiro atoms. The fraction of sp³-hybridized carbons (Fsp3) is 0.143. The normalized spacial score (nSPS) is 10.9. The average Bonchev–Trinajstić information content (AvgIpc) is 2.89. The van der Waals surface area contributed by atoms with Crippen molar-refractivity contribution in [3.05, 3.63) is 42.2 Å². The van der Waals surface area contributed by atoms with Gasteiger partial charge in [0.2, 0.25) is 0 Å². The predicted octanol–water partition coefficient (Wildman–Crippen LogP) is 2.58. The van der Waals surface area contributed by atoms with Gasteiger partial charge in [-0.05, 0) is 35.5 Å². The number of imidazole rings is 1. The van der Waals surface area contributed by atoms with E-state index < -0.39 is 0 Å². The van der Waals surface area contributed by atoms with Crippen LogP contribution in [0, 0.1) is 0 Å². The first-order chi connectivity index (χ1) is 9.80. The summed E-state index contributed by atoms with van der Waals surface area (Å²) in [7, 11) is 1.65. The summed E-state index contributed by atoms with van der Waals surface area (Å²) in [5.41, 5.74) is 8.65. The third kappa shape index (κ3) is 2.48. The molecule has 0 amide bonds. The second-order valence-corrected chi connectivity index (χ2v) is 5.25. The van der Waals surface area contributed by atoms with Crippen LogP contribution in [0.2, 0.25) is 0 Å². The van der Waals surface area contributed by atoms with Gasteiger partial charge in [0.15, 0.2) is 5.16 Å². The van der Waals surface area contributed by atoms with E-state index in [1.165, 1.54) is 11.8 Å². The molecule has 2 aromatic heterocycles. The van der Waals surface area contributed by atoms with Gasteiger partial charge < -0.3 is 15.5 Å². The number of aromatic amines is 1. The zero-order valence-corrected chi connectivity index (χ0v) is 11.8. The zero-order valence-electron chi connectivity index (χ0n) is 11.0. The molecule has 2 heterocycles. The maximum absolute atomic E-state index is 5.73. The number of H-pyrrole nitrogens is 1. The molecule has 0 radical (unpaired) electrons. The number of hydrogen-bond acceptors (Lipinski definition) is 5. The lowest BCUT2D eigenvalue weighted by atomic mass is 10.3. The Kier molecular flexibility index (Phi) is 3.58. The molecular weight excluding hydrogens is 272 g/mol. The van der Waals surface area contributed by atoms with Crippen LogP contribution in [0.5, 0.6) is 5.75 Å². The first-order valence-corrected chi connectivity index (χ1v) is 6.96. The van der Waals surface area contributed by atoms with Crippen LogP contribution in [0.25, 0.3) is 11.0 Å². The van der Waals surface area contributed by atoms with Gasteiger partial charge in [0.25, 0.3) is 0 Å². The number of rotatable bonds is 4. The smallest absolute Gasteiger partial charge is 0.171 e. The van der Waals surface area contributed by atoms with E-state index in [2.05, 4.69) is 15.0 Å². The molecule has 0 aliphatic heterocycles. The molecule has 3 rings (SSSR count).